The molecule has 0 aliphatic carbocycles. The fourth-order valence-corrected chi connectivity index (χ4v) is 3.36. The molecule has 6 nitrogen and oxygen atoms in total. The van der Waals surface area contributed by atoms with Crippen molar-refractivity contribution in [1.82, 2.24) is 0 Å². The number of methoxy groups -OCH3 is 2. The number of hydrogen-bond donors (Lipinski definition) is 1. The zero-order chi connectivity index (χ0) is 18.6. The Labute approximate surface area is 150 Å². The van der Waals surface area contributed by atoms with E-state index in [1.54, 1.807) is 25.1 Å². The van der Waals surface area contributed by atoms with Gasteiger partial charge in [0.05, 0.1) is 26.4 Å². The number of carbonyl (C=O) groups excluding carboxylic acids is 2. The largest absolute Gasteiger partial charge is 0.493 e. The van der Waals surface area contributed by atoms with Crippen LogP contribution in [0, 0.1) is 13.8 Å². The standard InChI is InChI=1S/C18H21NO5S/c1-6-24-18(21)15-10(2)11(3)25-17(15)19-16(20)12-7-8-13(22-4)14(9-12)23-5/h7-9H,6H2,1-5H3,(H,19,20). The number of nitrogens with one attached hydrogen (secondary N) is 1. The summed E-state index contributed by atoms with van der Waals surface area (Å²) < 4.78 is 15.5. The third-order valence-electron chi connectivity index (χ3n) is 3.74. The Balaban J connectivity index is 2.32. The van der Waals surface area contributed by atoms with Crippen LogP contribution in [0.2, 0.25) is 0 Å². The number of aryl methyl sites for hydroxylation is 1. The minimum atomic E-state index is -0.438. The lowest BCUT2D eigenvalue weighted by molar-refractivity contribution is 0.0527. The van der Waals surface area contributed by atoms with Crippen LogP contribution < -0.4 is 14.8 Å². The highest BCUT2D eigenvalue weighted by Crippen LogP contribution is 2.34. The van der Waals surface area contributed by atoms with Gasteiger partial charge in [0.2, 0.25) is 0 Å². The van der Waals surface area contributed by atoms with Gasteiger partial charge >= 0.3 is 5.97 Å². The van der Waals surface area contributed by atoms with Gasteiger partial charge in [0.1, 0.15) is 5.00 Å². The van der Waals surface area contributed by atoms with Gasteiger partial charge in [-0.1, -0.05) is 0 Å². The predicted octanol–water partition coefficient (Wildman–Crippen LogP) is 3.81. The molecule has 1 aromatic heterocycles. The predicted molar refractivity (Wildman–Crippen MR) is 97.2 cm³/mol. The van der Waals surface area contributed by atoms with Crippen LogP contribution in [0.25, 0.3) is 0 Å². The van der Waals surface area contributed by atoms with Crippen LogP contribution in [-0.2, 0) is 4.74 Å². The van der Waals surface area contributed by atoms with E-state index in [4.69, 9.17) is 14.2 Å². The minimum absolute atomic E-state index is 0.274. The summed E-state index contributed by atoms with van der Waals surface area (Å²) in [6, 6.07) is 4.88. The van der Waals surface area contributed by atoms with Gasteiger partial charge in [0, 0.05) is 10.4 Å². The average Bonchev–Trinajstić information content (AvgIpc) is 2.88. The smallest absolute Gasteiger partial charge is 0.341 e. The summed E-state index contributed by atoms with van der Waals surface area (Å²) in [6.07, 6.45) is 0. The summed E-state index contributed by atoms with van der Waals surface area (Å²) in [7, 11) is 3.03. The number of anilines is 1. The first-order valence-corrected chi connectivity index (χ1v) is 8.55. The fourth-order valence-electron chi connectivity index (χ4n) is 2.32. The third-order valence-corrected chi connectivity index (χ3v) is 4.86. The number of esters is 1. The molecule has 2 aromatic rings. The first-order chi connectivity index (χ1) is 11.9. The summed E-state index contributed by atoms with van der Waals surface area (Å²) in [5, 5.41) is 3.28. The second-order valence-corrected chi connectivity index (χ2v) is 6.46. The molecule has 1 aromatic carbocycles. The number of thiophene rings is 1. The van der Waals surface area contributed by atoms with E-state index in [2.05, 4.69) is 5.32 Å². The molecule has 0 bridgehead atoms. The van der Waals surface area contributed by atoms with Crippen molar-refractivity contribution < 1.29 is 23.8 Å². The molecule has 134 valence electrons. The topological polar surface area (TPSA) is 73.9 Å². The van der Waals surface area contributed by atoms with E-state index in [0.29, 0.717) is 27.6 Å². The highest BCUT2D eigenvalue weighted by atomic mass is 32.1. The van der Waals surface area contributed by atoms with Crippen molar-refractivity contribution in [3.8, 4) is 11.5 Å². The van der Waals surface area contributed by atoms with Crippen molar-refractivity contribution >= 4 is 28.2 Å². The van der Waals surface area contributed by atoms with E-state index in [1.165, 1.54) is 25.6 Å². The lowest BCUT2D eigenvalue weighted by Gasteiger charge is -2.10. The summed E-state index contributed by atoms with van der Waals surface area (Å²) >= 11 is 1.35. The molecule has 0 radical (unpaired) electrons. The number of benzene rings is 1. The van der Waals surface area contributed by atoms with Gasteiger partial charge in [-0.05, 0) is 44.5 Å². The van der Waals surface area contributed by atoms with Crippen molar-refractivity contribution in [1.29, 1.82) is 0 Å². The van der Waals surface area contributed by atoms with Crippen molar-refractivity contribution in [2.75, 3.05) is 26.1 Å². The molecule has 1 amide bonds. The summed E-state index contributed by atoms with van der Waals surface area (Å²) in [6.45, 7) is 5.75. The first-order valence-electron chi connectivity index (χ1n) is 7.73. The van der Waals surface area contributed by atoms with Crippen LogP contribution in [0.1, 0.15) is 38.1 Å². The molecule has 1 N–H and O–H groups in total. The first kappa shape index (κ1) is 18.8. The molecule has 0 saturated carbocycles. The lowest BCUT2D eigenvalue weighted by atomic mass is 10.1. The summed E-state index contributed by atoms with van der Waals surface area (Å²) in [5.41, 5.74) is 1.61. The fraction of sp³-hybridized carbons (Fsp3) is 0.333. The van der Waals surface area contributed by atoms with Crippen molar-refractivity contribution in [3.63, 3.8) is 0 Å². The van der Waals surface area contributed by atoms with Crippen LogP contribution in [0.5, 0.6) is 11.5 Å². The second kappa shape index (κ2) is 8.02. The lowest BCUT2D eigenvalue weighted by Crippen LogP contribution is -2.15. The minimum Gasteiger partial charge on any atom is -0.493 e. The summed E-state index contributed by atoms with van der Waals surface area (Å²) in [5.74, 6) is 0.216. The van der Waals surface area contributed by atoms with Gasteiger partial charge in [0.25, 0.3) is 5.91 Å². The molecule has 0 atom stereocenters. The molecule has 2 rings (SSSR count). The van der Waals surface area contributed by atoms with E-state index >= 15 is 0 Å². The molecule has 1 heterocycles. The van der Waals surface area contributed by atoms with Crippen LogP contribution in [0.15, 0.2) is 18.2 Å². The molecule has 0 saturated heterocycles. The van der Waals surface area contributed by atoms with Gasteiger partial charge in [-0.2, -0.15) is 0 Å². The van der Waals surface area contributed by atoms with Crippen molar-refractivity contribution in [2.24, 2.45) is 0 Å². The van der Waals surface area contributed by atoms with Crippen LogP contribution in [0.4, 0.5) is 5.00 Å². The van der Waals surface area contributed by atoms with Crippen molar-refractivity contribution in [2.45, 2.75) is 20.8 Å². The molecule has 0 spiro atoms. The monoisotopic (exact) mass is 363 g/mol. The number of rotatable bonds is 6. The van der Waals surface area contributed by atoms with Gasteiger partial charge in [-0.15, -0.1) is 11.3 Å². The summed E-state index contributed by atoms with van der Waals surface area (Å²) in [4.78, 5) is 25.7. The normalized spacial score (nSPS) is 10.3. The zero-order valence-corrected chi connectivity index (χ0v) is 15.7. The molecule has 0 aliphatic rings. The maximum Gasteiger partial charge on any atom is 0.341 e. The Kier molecular flexibility index (Phi) is 6.03. The van der Waals surface area contributed by atoms with Crippen LogP contribution >= 0.6 is 11.3 Å². The molecular weight excluding hydrogens is 342 g/mol. The molecule has 7 heteroatoms. The molecule has 0 unspecified atom stereocenters. The highest BCUT2D eigenvalue weighted by Gasteiger charge is 2.22. The van der Waals surface area contributed by atoms with Crippen LogP contribution in [0.3, 0.4) is 0 Å². The van der Waals surface area contributed by atoms with Crippen LogP contribution in [-0.4, -0.2) is 32.7 Å². The Morgan fingerprint density at radius 2 is 1.80 bits per heavy atom. The third kappa shape index (κ3) is 3.93. The Bertz CT molecular complexity index is 797. The number of ether oxygens (including phenoxy) is 3. The van der Waals surface area contributed by atoms with E-state index < -0.39 is 5.97 Å². The van der Waals surface area contributed by atoms with Gasteiger partial charge < -0.3 is 19.5 Å². The molecule has 25 heavy (non-hydrogen) atoms. The molecule has 0 aliphatic heterocycles. The quantitative estimate of drug-likeness (QED) is 0.790. The van der Waals surface area contributed by atoms with E-state index in [-0.39, 0.29) is 12.5 Å². The Morgan fingerprint density at radius 1 is 1.12 bits per heavy atom. The van der Waals surface area contributed by atoms with Crippen molar-refractivity contribution in [3.05, 3.63) is 39.8 Å². The highest BCUT2D eigenvalue weighted by molar-refractivity contribution is 7.16. The Morgan fingerprint density at radius 3 is 2.40 bits per heavy atom. The Hall–Kier alpha value is -2.54. The SMILES string of the molecule is CCOC(=O)c1c(NC(=O)c2ccc(OC)c(OC)c2)sc(C)c1C. The average molecular weight is 363 g/mol. The molecule has 0 fully saturated rings. The van der Waals surface area contributed by atoms with E-state index in [9.17, 15) is 9.59 Å². The number of amides is 1. The van der Waals surface area contributed by atoms with Gasteiger partial charge in [-0.3, -0.25) is 4.79 Å². The molecular formula is C18H21NO5S. The second-order valence-electron chi connectivity index (χ2n) is 5.23. The maximum atomic E-state index is 12.6. The van der Waals surface area contributed by atoms with Gasteiger partial charge in [0.15, 0.2) is 11.5 Å². The van der Waals surface area contributed by atoms with Gasteiger partial charge in [-0.25, -0.2) is 4.79 Å². The number of carbonyl (C=O) groups is 2. The zero-order valence-electron chi connectivity index (χ0n) is 14.9. The number of hydrogen-bond acceptors (Lipinski definition) is 6. The van der Waals surface area contributed by atoms with E-state index in [1.807, 2.05) is 13.8 Å². The van der Waals surface area contributed by atoms with E-state index in [0.717, 1.165) is 10.4 Å². The maximum absolute atomic E-state index is 12.6.